The molecular formula is C22H15FN6O3. The molecule has 0 saturated carbocycles. The Morgan fingerprint density at radius 2 is 1.91 bits per heavy atom. The Bertz CT molecular complexity index is 1490. The van der Waals surface area contributed by atoms with Gasteiger partial charge in [0, 0.05) is 17.4 Å². The van der Waals surface area contributed by atoms with E-state index >= 15 is 0 Å². The average molecular weight is 430 g/mol. The van der Waals surface area contributed by atoms with Gasteiger partial charge in [-0.05, 0) is 30.3 Å². The van der Waals surface area contributed by atoms with Gasteiger partial charge in [-0.25, -0.2) is 18.3 Å². The molecule has 1 amide bonds. The van der Waals surface area contributed by atoms with Gasteiger partial charge in [0.05, 0.1) is 5.56 Å². The number of rotatable bonds is 5. The summed E-state index contributed by atoms with van der Waals surface area (Å²) in [4.78, 5) is 29.5. The van der Waals surface area contributed by atoms with Crippen molar-refractivity contribution >= 4 is 17.2 Å². The number of benzene rings is 2. The van der Waals surface area contributed by atoms with E-state index in [1.807, 2.05) is 30.3 Å². The van der Waals surface area contributed by atoms with Crippen molar-refractivity contribution in [2.24, 2.45) is 0 Å². The molecule has 5 aromatic rings. The van der Waals surface area contributed by atoms with Crippen molar-refractivity contribution in [3.8, 4) is 22.8 Å². The van der Waals surface area contributed by atoms with E-state index in [1.165, 1.54) is 28.8 Å². The molecule has 0 fully saturated rings. The van der Waals surface area contributed by atoms with Crippen LogP contribution in [0, 0.1) is 5.82 Å². The van der Waals surface area contributed by atoms with Crippen molar-refractivity contribution in [2.75, 3.05) is 5.32 Å². The van der Waals surface area contributed by atoms with Crippen LogP contribution in [0.5, 0.6) is 0 Å². The maximum atomic E-state index is 13.3. The minimum absolute atomic E-state index is 0.191. The van der Waals surface area contributed by atoms with E-state index < -0.39 is 17.4 Å². The third-order valence-corrected chi connectivity index (χ3v) is 4.70. The van der Waals surface area contributed by atoms with Crippen LogP contribution in [0.2, 0.25) is 0 Å². The van der Waals surface area contributed by atoms with Crippen molar-refractivity contribution in [1.82, 2.24) is 24.3 Å². The van der Waals surface area contributed by atoms with E-state index in [0.717, 1.165) is 10.2 Å². The number of aromatic nitrogens is 5. The molecule has 0 aliphatic carbocycles. The van der Waals surface area contributed by atoms with Crippen molar-refractivity contribution in [1.29, 1.82) is 0 Å². The van der Waals surface area contributed by atoms with Gasteiger partial charge in [-0.1, -0.05) is 41.6 Å². The molecule has 10 heteroatoms. The molecule has 2 aromatic carbocycles. The molecule has 0 unspecified atom stereocenters. The lowest BCUT2D eigenvalue weighted by atomic mass is 10.2. The van der Waals surface area contributed by atoms with Crippen molar-refractivity contribution in [3.05, 3.63) is 89.2 Å². The minimum Gasteiger partial charge on any atom is -0.333 e. The Balaban J connectivity index is 1.46. The number of carbonyl (C=O) groups excluding carboxylic acids is 1. The van der Waals surface area contributed by atoms with E-state index in [-0.39, 0.29) is 23.8 Å². The maximum absolute atomic E-state index is 13.3. The number of halogens is 1. The summed E-state index contributed by atoms with van der Waals surface area (Å²) in [6.45, 7) is -0.352. The molecule has 0 aliphatic heterocycles. The van der Waals surface area contributed by atoms with E-state index in [1.54, 1.807) is 18.2 Å². The topological polar surface area (TPSA) is 107 Å². The third kappa shape index (κ3) is 3.65. The van der Waals surface area contributed by atoms with Gasteiger partial charge in [0.25, 0.3) is 5.89 Å². The molecule has 3 aromatic heterocycles. The molecule has 3 heterocycles. The van der Waals surface area contributed by atoms with Crippen molar-refractivity contribution in [3.63, 3.8) is 0 Å². The Morgan fingerprint density at radius 1 is 1.06 bits per heavy atom. The summed E-state index contributed by atoms with van der Waals surface area (Å²) in [6.07, 6.45) is 1.53. The van der Waals surface area contributed by atoms with Gasteiger partial charge in [-0.15, -0.1) is 5.10 Å². The van der Waals surface area contributed by atoms with Gasteiger partial charge in [-0.2, -0.15) is 4.98 Å². The minimum atomic E-state index is -0.521. The van der Waals surface area contributed by atoms with Crippen molar-refractivity contribution in [2.45, 2.75) is 6.54 Å². The summed E-state index contributed by atoms with van der Waals surface area (Å²) in [5.41, 5.74) is 1.26. The third-order valence-electron chi connectivity index (χ3n) is 4.70. The van der Waals surface area contributed by atoms with Gasteiger partial charge in [0.1, 0.15) is 12.4 Å². The van der Waals surface area contributed by atoms with Crippen LogP contribution in [0.4, 0.5) is 10.1 Å². The fourth-order valence-corrected chi connectivity index (χ4v) is 3.25. The number of hydrogen-bond donors (Lipinski definition) is 1. The standard InChI is InChI=1S/C22H15FN6O3/c23-15-8-4-9-16(12-15)24-18(30)13-29-22(31)28-11-5-10-17(20(28)26-29)21-25-19(27-32-21)14-6-2-1-3-7-14/h1-12H,13H2,(H,24,30). The highest BCUT2D eigenvalue weighted by atomic mass is 19.1. The highest BCUT2D eigenvalue weighted by Crippen LogP contribution is 2.24. The molecule has 0 bridgehead atoms. The summed E-state index contributed by atoms with van der Waals surface area (Å²) in [5, 5.41) is 10.8. The fourth-order valence-electron chi connectivity index (χ4n) is 3.25. The molecule has 0 atom stereocenters. The lowest BCUT2D eigenvalue weighted by Crippen LogP contribution is -2.28. The number of carbonyl (C=O) groups is 1. The summed E-state index contributed by atoms with van der Waals surface area (Å²) >= 11 is 0. The van der Waals surface area contributed by atoms with Crippen LogP contribution < -0.4 is 11.0 Å². The van der Waals surface area contributed by atoms with E-state index in [9.17, 15) is 14.0 Å². The summed E-state index contributed by atoms with van der Waals surface area (Å²) < 4.78 is 21.0. The quantitative estimate of drug-likeness (QED) is 0.459. The summed E-state index contributed by atoms with van der Waals surface area (Å²) in [7, 11) is 0. The van der Waals surface area contributed by atoms with Gasteiger partial charge in [-0.3, -0.25) is 4.79 Å². The second-order valence-corrected chi connectivity index (χ2v) is 6.90. The first-order chi connectivity index (χ1) is 15.6. The molecular weight excluding hydrogens is 415 g/mol. The Kier molecular flexibility index (Phi) is 4.79. The van der Waals surface area contributed by atoms with Crippen LogP contribution in [-0.4, -0.2) is 30.2 Å². The second-order valence-electron chi connectivity index (χ2n) is 6.90. The average Bonchev–Trinajstić information content (AvgIpc) is 3.40. The lowest BCUT2D eigenvalue weighted by molar-refractivity contribution is -0.117. The van der Waals surface area contributed by atoms with E-state index in [2.05, 4.69) is 20.6 Å². The predicted octanol–water partition coefficient (Wildman–Crippen LogP) is 2.99. The molecule has 1 N–H and O–H groups in total. The van der Waals surface area contributed by atoms with Crippen LogP contribution in [0.1, 0.15) is 0 Å². The number of nitrogens with zero attached hydrogens (tertiary/aromatic N) is 5. The smallest absolute Gasteiger partial charge is 0.333 e. The van der Waals surface area contributed by atoms with Crippen LogP contribution in [-0.2, 0) is 11.3 Å². The normalized spacial score (nSPS) is 11.0. The van der Waals surface area contributed by atoms with Gasteiger partial charge in [0.15, 0.2) is 5.65 Å². The Morgan fingerprint density at radius 3 is 2.72 bits per heavy atom. The van der Waals surface area contributed by atoms with Gasteiger partial charge in [0.2, 0.25) is 11.7 Å². The highest BCUT2D eigenvalue weighted by Gasteiger charge is 2.18. The number of hydrogen-bond acceptors (Lipinski definition) is 6. The molecule has 0 spiro atoms. The first kappa shape index (κ1) is 19.4. The molecule has 158 valence electrons. The predicted molar refractivity (Wildman–Crippen MR) is 113 cm³/mol. The zero-order valence-electron chi connectivity index (χ0n) is 16.5. The maximum Gasteiger partial charge on any atom is 0.350 e. The highest BCUT2D eigenvalue weighted by molar-refractivity contribution is 5.90. The Hall–Kier alpha value is -4.60. The Labute approximate surface area is 179 Å². The monoisotopic (exact) mass is 430 g/mol. The van der Waals surface area contributed by atoms with Gasteiger partial charge >= 0.3 is 5.69 Å². The number of nitrogens with one attached hydrogen (secondary N) is 1. The molecule has 0 aliphatic rings. The lowest BCUT2D eigenvalue weighted by Gasteiger charge is -2.04. The van der Waals surface area contributed by atoms with E-state index in [4.69, 9.17) is 4.52 Å². The first-order valence-corrected chi connectivity index (χ1v) is 9.61. The fraction of sp³-hybridized carbons (Fsp3) is 0.0455. The van der Waals surface area contributed by atoms with Crippen LogP contribution in [0.3, 0.4) is 0 Å². The zero-order chi connectivity index (χ0) is 22.1. The largest absolute Gasteiger partial charge is 0.350 e. The van der Waals surface area contributed by atoms with Crippen LogP contribution in [0.25, 0.3) is 28.5 Å². The summed E-state index contributed by atoms with van der Waals surface area (Å²) in [6, 6.07) is 18.1. The second kappa shape index (κ2) is 7.91. The molecule has 0 radical (unpaired) electrons. The summed E-state index contributed by atoms with van der Waals surface area (Å²) in [5.74, 6) is -0.409. The van der Waals surface area contributed by atoms with Crippen LogP contribution >= 0.6 is 0 Å². The zero-order valence-corrected chi connectivity index (χ0v) is 16.5. The number of anilines is 1. The molecule has 9 nitrogen and oxygen atoms in total. The number of fused-ring (bicyclic) bond motifs is 1. The van der Waals surface area contributed by atoms with Gasteiger partial charge < -0.3 is 9.84 Å². The molecule has 32 heavy (non-hydrogen) atoms. The SMILES string of the molecule is O=C(Cn1nc2c(-c3nc(-c4ccccc4)no3)cccn2c1=O)Nc1cccc(F)c1. The van der Waals surface area contributed by atoms with Crippen molar-refractivity contribution < 1.29 is 13.7 Å². The van der Waals surface area contributed by atoms with Crippen LogP contribution in [0.15, 0.2) is 82.2 Å². The molecule has 0 saturated heterocycles. The molecule has 5 rings (SSSR count). The number of amides is 1. The van der Waals surface area contributed by atoms with E-state index in [0.29, 0.717) is 11.4 Å². The first-order valence-electron chi connectivity index (χ1n) is 9.61. The number of pyridine rings is 1.